The summed E-state index contributed by atoms with van der Waals surface area (Å²) < 4.78 is 0. The number of unbranched alkanes of at least 4 members (excludes halogenated alkanes) is 1. The molecule has 1 heterocycles. The van der Waals surface area contributed by atoms with Crippen LogP contribution in [0.3, 0.4) is 0 Å². The summed E-state index contributed by atoms with van der Waals surface area (Å²) in [6.45, 7) is 4.23. The molecule has 17 heavy (non-hydrogen) atoms. The second-order valence-electron chi connectivity index (χ2n) is 5.18. The van der Waals surface area contributed by atoms with E-state index in [4.69, 9.17) is 0 Å². The lowest BCUT2D eigenvalue weighted by Gasteiger charge is -2.11. The summed E-state index contributed by atoms with van der Waals surface area (Å²) in [4.78, 5) is 16.0. The second-order valence-corrected chi connectivity index (χ2v) is 5.18. The Balaban J connectivity index is 2.41. The van der Waals surface area contributed by atoms with Crippen LogP contribution in [0.4, 0.5) is 0 Å². The quantitative estimate of drug-likeness (QED) is 0.798. The van der Waals surface area contributed by atoms with E-state index in [0.717, 1.165) is 48.9 Å². The molecule has 0 spiro atoms. The summed E-state index contributed by atoms with van der Waals surface area (Å²) in [5, 5.41) is 0. The zero-order chi connectivity index (χ0) is 12.3. The molecule has 94 valence electrons. The lowest BCUT2D eigenvalue weighted by Crippen LogP contribution is -2.20. The van der Waals surface area contributed by atoms with E-state index in [1.54, 1.807) is 0 Å². The number of fused-ring (bicyclic) bond motifs is 1. The Morgan fingerprint density at radius 1 is 1.18 bits per heavy atom. The zero-order valence-electron chi connectivity index (χ0n) is 11.1. The predicted molar refractivity (Wildman–Crippen MR) is 71.7 cm³/mol. The normalized spacial score (nSPS) is 15.4. The summed E-state index contributed by atoms with van der Waals surface area (Å²) >= 11 is 0. The van der Waals surface area contributed by atoms with Crippen LogP contribution in [0.1, 0.15) is 61.5 Å². The van der Waals surface area contributed by atoms with E-state index in [0.29, 0.717) is 5.43 Å². The molecule has 0 aliphatic heterocycles. The predicted octanol–water partition coefficient (Wildman–Crippen LogP) is 3.29. The first-order valence-corrected chi connectivity index (χ1v) is 6.97. The summed E-state index contributed by atoms with van der Waals surface area (Å²) in [5.41, 5.74) is 4.77. The minimum atomic E-state index is 0.339. The molecule has 1 aliphatic rings. The molecule has 0 atom stereocenters. The van der Waals surface area contributed by atoms with Gasteiger partial charge in [-0.25, -0.2) is 0 Å². The van der Waals surface area contributed by atoms with Crippen LogP contribution in [-0.2, 0) is 19.3 Å². The summed E-state index contributed by atoms with van der Waals surface area (Å²) in [6, 6.07) is 0. The Bertz CT molecular complexity index is 445. The molecule has 0 saturated heterocycles. The summed E-state index contributed by atoms with van der Waals surface area (Å²) in [6.07, 6.45) is 8.88. The van der Waals surface area contributed by atoms with Gasteiger partial charge in [-0.05, 0) is 45.4 Å². The van der Waals surface area contributed by atoms with Crippen molar-refractivity contribution < 1.29 is 0 Å². The van der Waals surface area contributed by atoms with Gasteiger partial charge in [0.2, 0.25) is 0 Å². The van der Waals surface area contributed by atoms with Crippen molar-refractivity contribution in [2.45, 2.75) is 65.2 Å². The molecule has 1 aromatic heterocycles. The van der Waals surface area contributed by atoms with E-state index < -0.39 is 0 Å². The molecule has 0 aromatic carbocycles. The molecular formula is C15H23NO. The van der Waals surface area contributed by atoms with Crippen LogP contribution < -0.4 is 5.43 Å². The molecule has 1 aliphatic carbocycles. The van der Waals surface area contributed by atoms with E-state index in [-0.39, 0.29) is 0 Å². The third-order valence-electron chi connectivity index (χ3n) is 3.84. The Kier molecular flexibility index (Phi) is 4.03. The Morgan fingerprint density at radius 3 is 2.71 bits per heavy atom. The third-order valence-corrected chi connectivity index (χ3v) is 3.84. The molecule has 2 rings (SSSR count). The van der Waals surface area contributed by atoms with Crippen LogP contribution in [0.2, 0.25) is 0 Å². The number of hydrogen-bond donors (Lipinski definition) is 1. The van der Waals surface area contributed by atoms with Crippen molar-refractivity contribution in [1.29, 1.82) is 0 Å². The fraction of sp³-hybridized carbons (Fsp3) is 0.667. The molecule has 2 heteroatoms. The first-order chi connectivity index (χ1) is 8.24. The number of aryl methyl sites for hydroxylation is 2. The Morgan fingerprint density at radius 2 is 1.94 bits per heavy atom. The van der Waals surface area contributed by atoms with Gasteiger partial charge in [0.15, 0.2) is 5.43 Å². The topological polar surface area (TPSA) is 32.9 Å². The highest BCUT2D eigenvalue weighted by atomic mass is 16.1. The van der Waals surface area contributed by atoms with Gasteiger partial charge < -0.3 is 4.98 Å². The Labute approximate surface area is 103 Å². The molecule has 0 radical (unpaired) electrons. The van der Waals surface area contributed by atoms with Crippen LogP contribution in [-0.4, -0.2) is 4.98 Å². The molecule has 0 amide bonds. The van der Waals surface area contributed by atoms with Crippen LogP contribution in [0.5, 0.6) is 0 Å². The summed E-state index contributed by atoms with van der Waals surface area (Å²) in [7, 11) is 0. The van der Waals surface area contributed by atoms with Crippen molar-refractivity contribution in [3.8, 4) is 0 Å². The van der Waals surface area contributed by atoms with Crippen molar-refractivity contribution in [3.63, 3.8) is 0 Å². The van der Waals surface area contributed by atoms with E-state index in [9.17, 15) is 4.79 Å². The molecule has 2 nitrogen and oxygen atoms in total. The van der Waals surface area contributed by atoms with Gasteiger partial charge in [-0.1, -0.05) is 19.8 Å². The van der Waals surface area contributed by atoms with E-state index in [1.807, 2.05) is 0 Å². The van der Waals surface area contributed by atoms with Crippen LogP contribution in [0, 0.1) is 6.92 Å². The van der Waals surface area contributed by atoms with Gasteiger partial charge in [0.25, 0.3) is 0 Å². The van der Waals surface area contributed by atoms with Crippen molar-refractivity contribution in [2.24, 2.45) is 0 Å². The molecule has 0 bridgehead atoms. The zero-order valence-corrected chi connectivity index (χ0v) is 11.1. The third kappa shape index (κ3) is 2.62. The molecule has 1 N–H and O–H groups in total. The highest BCUT2D eigenvalue weighted by Gasteiger charge is 2.16. The van der Waals surface area contributed by atoms with Crippen molar-refractivity contribution >= 4 is 0 Å². The number of H-pyrrole nitrogens is 1. The number of nitrogens with one attached hydrogen (secondary N) is 1. The number of hydrogen-bond acceptors (Lipinski definition) is 1. The minimum absolute atomic E-state index is 0.339. The van der Waals surface area contributed by atoms with Crippen molar-refractivity contribution in [3.05, 3.63) is 32.7 Å². The number of pyridine rings is 1. The maximum atomic E-state index is 12.5. The standard InChI is InChI=1S/C15H23NO/c1-3-4-8-12-11(2)16-14-10-7-5-6-9-13(14)15(12)17/h3-10H2,1-2H3,(H,16,17). The monoisotopic (exact) mass is 233 g/mol. The van der Waals surface area contributed by atoms with E-state index in [2.05, 4.69) is 18.8 Å². The molecule has 0 fully saturated rings. The average Bonchev–Trinajstić information content (AvgIpc) is 2.54. The van der Waals surface area contributed by atoms with Gasteiger partial charge in [0.1, 0.15) is 0 Å². The maximum absolute atomic E-state index is 12.5. The smallest absolute Gasteiger partial charge is 0.188 e. The highest BCUT2D eigenvalue weighted by molar-refractivity contribution is 5.31. The van der Waals surface area contributed by atoms with Crippen LogP contribution >= 0.6 is 0 Å². The number of rotatable bonds is 3. The molecule has 0 saturated carbocycles. The largest absolute Gasteiger partial charge is 0.362 e. The van der Waals surface area contributed by atoms with Gasteiger partial charge in [-0.15, -0.1) is 0 Å². The SMILES string of the molecule is CCCCc1c(C)[nH]c2c(c1=O)CCCCC2. The first kappa shape index (κ1) is 12.4. The van der Waals surface area contributed by atoms with Gasteiger partial charge >= 0.3 is 0 Å². The van der Waals surface area contributed by atoms with Crippen molar-refractivity contribution in [2.75, 3.05) is 0 Å². The Hall–Kier alpha value is -1.05. The van der Waals surface area contributed by atoms with Gasteiger partial charge in [-0.2, -0.15) is 0 Å². The first-order valence-electron chi connectivity index (χ1n) is 6.97. The van der Waals surface area contributed by atoms with E-state index >= 15 is 0 Å². The second kappa shape index (κ2) is 5.52. The lowest BCUT2D eigenvalue weighted by atomic mass is 10.00. The van der Waals surface area contributed by atoms with Gasteiger partial charge in [0, 0.05) is 22.5 Å². The highest BCUT2D eigenvalue weighted by Crippen LogP contribution is 2.18. The van der Waals surface area contributed by atoms with Crippen LogP contribution in [0.15, 0.2) is 4.79 Å². The fourth-order valence-corrected chi connectivity index (χ4v) is 2.78. The van der Waals surface area contributed by atoms with Gasteiger partial charge in [0.05, 0.1) is 0 Å². The van der Waals surface area contributed by atoms with Crippen LogP contribution in [0.25, 0.3) is 0 Å². The summed E-state index contributed by atoms with van der Waals surface area (Å²) in [5.74, 6) is 0. The van der Waals surface area contributed by atoms with Gasteiger partial charge in [-0.3, -0.25) is 4.79 Å². The molecule has 0 unspecified atom stereocenters. The molecule has 1 aromatic rings. The van der Waals surface area contributed by atoms with E-state index in [1.165, 1.54) is 25.0 Å². The average molecular weight is 233 g/mol. The number of aromatic nitrogens is 1. The minimum Gasteiger partial charge on any atom is -0.362 e. The maximum Gasteiger partial charge on any atom is 0.188 e. The molecular weight excluding hydrogens is 210 g/mol. The fourth-order valence-electron chi connectivity index (χ4n) is 2.78. The number of aromatic amines is 1. The van der Waals surface area contributed by atoms with Crippen molar-refractivity contribution in [1.82, 2.24) is 4.98 Å². The lowest BCUT2D eigenvalue weighted by molar-refractivity contribution is 0.708.